The van der Waals surface area contributed by atoms with E-state index in [1.165, 1.54) is 0 Å². The van der Waals surface area contributed by atoms with E-state index in [1.807, 2.05) is 0 Å². The summed E-state index contributed by atoms with van der Waals surface area (Å²) >= 11 is 0. The van der Waals surface area contributed by atoms with Crippen LogP contribution in [0.25, 0.3) is 0 Å². The first-order chi connectivity index (χ1) is 5.06. The molecule has 0 bridgehead atoms. The Morgan fingerprint density at radius 3 is 1.82 bits per heavy atom. The molecule has 0 aromatic heterocycles. The molecule has 0 saturated heterocycles. The highest BCUT2D eigenvalue weighted by molar-refractivity contribution is 8.23. The van der Waals surface area contributed by atoms with Crippen LogP contribution >= 0.6 is 15.3 Å². The normalized spacial score (nSPS) is 12.5. The maximum Gasteiger partial charge on any atom is 0.405 e. The van der Waals surface area contributed by atoms with Gasteiger partial charge in [0, 0.05) is 0 Å². The Balaban J connectivity index is 4.14. The van der Waals surface area contributed by atoms with Crippen LogP contribution in [0.1, 0.15) is 13.8 Å². The zero-order valence-electron chi connectivity index (χ0n) is 6.43. The average Bonchev–Trinajstić information content (AvgIpc) is 1.88. The van der Waals surface area contributed by atoms with Crippen LogP contribution in [0.15, 0.2) is 0 Å². The highest BCUT2D eigenvalue weighted by atomic mass is 32.1. The summed E-state index contributed by atoms with van der Waals surface area (Å²) in [5.41, 5.74) is 0. The lowest BCUT2D eigenvalue weighted by atomic mass is 10.9. The Labute approximate surface area is 66.7 Å². The average molecular weight is 202 g/mol. The predicted octanol–water partition coefficient (Wildman–Crippen LogP) is 1.46. The van der Waals surface area contributed by atoms with Crippen molar-refractivity contribution in [2.75, 3.05) is 13.2 Å². The van der Waals surface area contributed by atoms with Crippen molar-refractivity contribution >= 4 is 15.3 Å². The second kappa shape index (κ2) is 5.20. The molecule has 0 spiro atoms. The van der Waals surface area contributed by atoms with Gasteiger partial charge in [0.05, 0.1) is 13.2 Å². The lowest BCUT2D eigenvalue weighted by Gasteiger charge is -2.16. The standard InChI is InChI=1S/C4H12O5P2/c1-3-8-11(7,9-4-2)10(5)6/h5-6H,3-4H2,1-2H3. The zero-order chi connectivity index (χ0) is 8.91. The van der Waals surface area contributed by atoms with Gasteiger partial charge in [0.1, 0.15) is 0 Å². The predicted molar refractivity (Wildman–Crippen MR) is 42.2 cm³/mol. The van der Waals surface area contributed by atoms with Crippen molar-refractivity contribution in [2.24, 2.45) is 0 Å². The fourth-order valence-electron chi connectivity index (χ4n) is 0.467. The third-order valence-corrected chi connectivity index (χ3v) is 4.42. The minimum Gasteiger partial charge on any atom is -0.341 e. The van der Waals surface area contributed by atoms with Crippen LogP contribution in [0, 0.1) is 0 Å². The van der Waals surface area contributed by atoms with Gasteiger partial charge in [-0.05, 0) is 13.8 Å². The first kappa shape index (κ1) is 11.5. The van der Waals surface area contributed by atoms with Crippen LogP contribution in [0.2, 0.25) is 0 Å². The van der Waals surface area contributed by atoms with Crippen molar-refractivity contribution in [1.29, 1.82) is 0 Å². The molecule has 0 aliphatic carbocycles. The highest BCUT2D eigenvalue weighted by Crippen LogP contribution is 2.72. The first-order valence-corrected chi connectivity index (χ1v) is 6.63. The van der Waals surface area contributed by atoms with E-state index in [0.717, 1.165) is 0 Å². The van der Waals surface area contributed by atoms with Gasteiger partial charge in [0.15, 0.2) is 0 Å². The van der Waals surface area contributed by atoms with Gasteiger partial charge in [-0.15, -0.1) is 0 Å². The third-order valence-electron chi connectivity index (χ3n) is 0.804. The Kier molecular flexibility index (Phi) is 5.44. The summed E-state index contributed by atoms with van der Waals surface area (Å²) in [6, 6.07) is 0. The molecule has 0 fully saturated rings. The summed E-state index contributed by atoms with van der Waals surface area (Å²) in [5, 5.41) is 0. The molecule has 0 atom stereocenters. The first-order valence-electron chi connectivity index (χ1n) is 3.14. The van der Waals surface area contributed by atoms with Gasteiger partial charge < -0.3 is 18.8 Å². The van der Waals surface area contributed by atoms with E-state index < -0.39 is 15.3 Å². The molecule has 5 nitrogen and oxygen atoms in total. The smallest absolute Gasteiger partial charge is 0.341 e. The molecule has 11 heavy (non-hydrogen) atoms. The van der Waals surface area contributed by atoms with Crippen LogP contribution in [0.3, 0.4) is 0 Å². The van der Waals surface area contributed by atoms with Gasteiger partial charge in [0.25, 0.3) is 8.06 Å². The Hall–Kier alpha value is 0.500. The SMILES string of the molecule is CCOP(=O)(OCC)P(O)O. The van der Waals surface area contributed by atoms with Crippen molar-refractivity contribution in [2.45, 2.75) is 13.8 Å². The number of hydrogen-bond acceptors (Lipinski definition) is 5. The second-order valence-corrected chi connectivity index (χ2v) is 6.11. The third kappa shape index (κ3) is 3.61. The molecule has 0 aromatic carbocycles. The second-order valence-electron chi connectivity index (χ2n) is 1.57. The molecule has 0 radical (unpaired) electrons. The summed E-state index contributed by atoms with van der Waals surface area (Å²) in [5.74, 6) is 0. The lowest BCUT2D eigenvalue weighted by molar-refractivity contribution is 0.229. The fraction of sp³-hybridized carbons (Fsp3) is 1.00. The topological polar surface area (TPSA) is 76.0 Å². The molecule has 0 aliphatic heterocycles. The minimum absolute atomic E-state index is 0.136. The molecular formula is C4H12O5P2. The molecule has 2 N–H and O–H groups in total. The quantitative estimate of drug-likeness (QED) is 0.660. The van der Waals surface area contributed by atoms with Crippen molar-refractivity contribution in [3.63, 3.8) is 0 Å². The lowest BCUT2D eigenvalue weighted by Crippen LogP contribution is -1.93. The number of hydrogen-bond donors (Lipinski definition) is 2. The Morgan fingerprint density at radius 1 is 1.27 bits per heavy atom. The Bertz CT molecular complexity index is 137. The van der Waals surface area contributed by atoms with E-state index in [9.17, 15) is 4.57 Å². The van der Waals surface area contributed by atoms with Crippen molar-refractivity contribution in [3.8, 4) is 0 Å². The molecule has 7 heteroatoms. The maximum atomic E-state index is 11.2. The summed E-state index contributed by atoms with van der Waals surface area (Å²) < 4.78 is 20.4. The molecular weight excluding hydrogens is 190 g/mol. The van der Waals surface area contributed by atoms with Crippen molar-refractivity contribution < 1.29 is 23.4 Å². The van der Waals surface area contributed by atoms with Gasteiger partial charge in [-0.1, -0.05) is 0 Å². The molecule has 0 rings (SSSR count). The van der Waals surface area contributed by atoms with Gasteiger partial charge in [-0.25, -0.2) is 4.57 Å². The molecule has 0 aliphatic rings. The van der Waals surface area contributed by atoms with E-state index >= 15 is 0 Å². The monoisotopic (exact) mass is 202 g/mol. The van der Waals surface area contributed by atoms with Crippen molar-refractivity contribution in [1.82, 2.24) is 0 Å². The van der Waals surface area contributed by atoms with E-state index in [2.05, 4.69) is 9.05 Å². The van der Waals surface area contributed by atoms with Crippen LogP contribution < -0.4 is 0 Å². The Morgan fingerprint density at radius 2 is 1.64 bits per heavy atom. The molecule has 0 heterocycles. The molecule has 0 unspecified atom stereocenters. The summed E-state index contributed by atoms with van der Waals surface area (Å²) in [6.45, 7) is 3.48. The van der Waals surface area contributed by atoms with E-state index in [1.54, 1.807) is 13.8 Å². The van der Waals surface area contributed by atoms with Crippen LogP contribution in [-0.2, 0) is 13.6 Å². The number of rotatable bonds is 5. The van der Waals surface area contributed by atoms with E-state index in [0.29, 0.717) is 0 Å². The molecule has 68 valence electrons. The van der Waals surface area contributed by atoms with Gasteiger partial charge in [-0.3, -0.25) is 0 Å². The van der Waals surface area contributed by atoms with Gasteiger partial charge in [-0.2, -0.15) is 0 Å². The van der Waals surface area contributed by atoms with E-state index in [4.69, 9.17) is 9.79 Å². The van der Waals surface area contributed by atoms with Crippen molar-refractivity contribution in [3.05, 3.63) is 0 Å². The summed E-state index contributed by atoms with van der Waals surface area (Å²) in [7, 11) is -6.26. The van der Waals surface area contributed by atoms with Crippen LogP contribution in [-0.4, -0.2) is 23.0 Å². The van der Waals surface area contributed by atoms with Crippen LogP contribution in [0.5, 0.6) is 0 Å². The molecule has 0 amide bonds. The van der Waals surface area contributed by atoms with Crippen LogP contribution in [0.4, 0.5) is 0 Å². The molecule has 0 aromatic rings. The van der Waals surface area contributed by atoms with Gasteiger partial charge in [0.2, 0.25) is 0 Å². The summed E-state index contributed by atoms with van der Waals surface area (Å²) in [4.78, 5) is 17.3. The fourth-order valence-corrected chi connectivity index (χ4v) is 2.71. The largest absolute Gasteiger partial charge is 0.405 e. The zero-order valence-corrected chi connectivity index (χ0v) is 8.22. The molecule has 0 saturated carbocycles. The minimum atomic E-state index is -3.62. The highest BCUT2D eigenvalue weighted by Gasteiger charge is 2.33. The van der Waals surface area contributed by atoms with Gasteiger partial charge >= 0.3 is 7.28 Å². The summed E-state index contributed by atoms with van der Waals surface area (Å²) in [6.07, 6.45) is 0. The van der Waals surface area contributed by atoms with E-state index in [-0.39, 0.29) is 13.2 Å². The maximum absolute atomic E-state index is 11.2.